The van der Waals surface area contributed by atoms with Crippen LogP contribution in [0.4, 0.5) is 0 Å². The van der Waals surface area contributed by atoms with Crippen molar-refractivity contribution in [2.45, 2.75) is 39.2 Å². The zero-order valence-corrected chi connectivity index (χ0v) is 16.7. The molecule has 2 N–H and O–H groups in total. The molecule has 0 radical (unpaired) electrons. The van der Waals surface area contributed by atoms with Crippen LogP contribution in [0.5, 0.6) is 5.75 Å². The minimum absolute atomic E-state index is 0.313. The zero-order valence-electron chi connectivity index (χ0n) is 15.7. The van der Waals surface area contributed by atoms with Gasteiger partial charge < -0.3 is 10.2 Å². The molecule has 136 valence electrons. The molecule has 0 aliphatic heterocycles. The lowest BCUT2D eigenvalue weighted by Crippen LogP contribution is -2.25. The molecule has 3 heteroatoms. The van der Waals surface area contributed by atoms with Gasteiger partial charge in [0.05, 0.1) is 5.60 Å². The average Bonchev–Trinajstić information content (AvgIpc) is 2.60. The monoisotopic (exact) mass is 366 g/mol. The third kappa shape index (κ3) is 4.26. The van der Waals surface area contributed by atoms with Crippen molar-refractivity contribution in [1.29, 1.82) is 0 Å². The predicted octanol–water partition coefficient (Wildman–Crippen LogP) is 4.23. The van der Waals surface area contributed by atoms with E-state index in [1.165, 1.54) is 0 Å². The van der Waals surface area contributed by atoms with Gasteiger partial charge >= 0.3 is 0 Å². The number of rotatable bonds is 5. The lowest BCUT2D eigenvalue weighted by atomic mass is 9.93. The van der Waals surface area contributed by atoms with Crippen LogP contribution in [0.2, 0.25) is 0 Å². The van der Waals surface area contributed by atoms with Crippen molar-refractivity contribution in [3.05, 3.63) is 77.4 Å². The quantitative estimate of drug-likeness (QED) is 0.778. The molecule has 0 heterocycles. The molecule has 1 aliphatic rings. The molecule has 0 fully saturated rings. The van der Waals surface area contributed by atoms with Gasteiger partial charge in [0.25, 0.3) is 0 Å². The van der Waals surface area contributed by atoms with Crippen molar-refractivity contribution in [1.82, 2.24) is 0 Å². The second-order valence-electron chi connectivity index (χ2n) is 7.51. The van der Waals surface area contributed by atoms with Crippen molar-refractivity contribution in [3.63, 3.8) is 0 Å². The molecule has 0 bridgehead atoms. The first kappa shape index (κ1) is 18.9. The Morgan fingerprint density at radius 3 is 2.58 bits per heavy atom. The fourth-order valence-electron chi connectivity index (χ4n) is 3.40. The number of phenolic OH excluding ortho intramolecular Hbond substituents is 1. The van der Waals surface area contributed by atoms with Gasteiger partial charge in [0.15, 0.2) is 0 Å². The predicted molar refractivity (Wildman–Crippen MR) is 112 cm³/mol. The Balaban J connectivity index is 1.91. The van der Waals surface area contributed by atoms with Crippen LogP contribution in [0.1, 0.15) is 37.0 Å². The highest BCUT2D eigenvalue weighted by Crippen LogP contribution is 2.30. The summed E-state index contributed by atoms with van der Waals surface area (Å²) in [5, 5.41) is 23.5. The van der Waals surface area contributed by atoms with Crippen LogP contribution in [0.3, 0.4) is 0 Å². The van der Waals surface area contributed by atoms with Crippen LogP contribution in [-0.2, 0) is 12.0 Å². The zero-order chi connectivity index (χ0) is 18.7. The molecule has 2 atom stereocenters. The second kappa shape index (κ2) is 7.78. The van der Waals surface area contributed by atoms with Crippen LogP contribution >= 0.6 is 8.58 Å². The van der Waals surface area contributed by atoms with Gasteiger partial charge in [0, 0.05) is 5.30 Å². The third-order valence-electron chi connectivity index (χ3n) is 4.86. The van der Waals surface area contributed by atoms with Crippen molar-refractivity contribution in [3.8, 4) is 5.75 Å². The maximum atomic E-state index is 10.9. The first-order valence-electron chi connectivity index (χ1n) is 9.10. The van der Waals surface area contributed by atoms with Gasteiger partial charge in [-0.15, -0.1) is 0 Å². The van der Waals surface area contributed by atoms with Crippen LogP contribution in [0, 0.1) is 12.8 Å². The van der Waals surface area contributed by atoms with E-state index in [0.29, 0.717) is 20.2 Å². The van der Waals surface area contributed by atoms with E-state index in [1.54, 1.807) is 0 Å². The van der Waals surface area contributed by atoms with E-state index in [2.05, 4.69) is 37.3 Å². The summed E-state index contributed by atoms with van der Waals surface area (Å²) in [6.07, 6.45) is 10.4. The normalized spacial score (nSPS) is 17.3. The fraction of sp³-hybridized carbons (Fsp3) is 0.304. The number of phenols is 1. The Morgan fingerprint density at radius 2 is 1.88 bits per heavy atom. The summed E-state index contributed by atoms with van der Waals surface area (Å²) in [7, 11) is 0.313. The van der Waals surface area contributed by atoms with Crippen molar-refractivity contribution >= 4 is 19.2 Å². The Kier molecular flexibility index (Phi) is 5.65. The van der Waals surface area contributed by atoms with E-state index in [9.17, 15) is 10.2 Å². The molecule has 26 heavy (non-hydrogen) atoms. The maximum absolute atomic E-state index is 10.9. The molecule has 0 saturated heterocycles. The van der Waals surface area contributed by atoms with Crippen LogP contribution in [0.25, 0.3) is 0 Å². The highest BCUT2D eigenvalue weighted by molar-refractivity contribution is 7.56. The van der Waals surface area contributed by atoms with Crippen LogP contribution in [0.15, 0.2) is 60.7 Å². The van der Waals surface area contributed by atoms with E-state index in [1.807, 2.05) is 44.2 Å². The van der Waals surface area contributed by atoms with E-state index >= 15 is 0 Å². The van der Waals surface area contributed by atoms with Gasteiger partial charge in [-0.05, 0) is 61.5 Å². The van der Waals surface area contributed by atoms with Crippen LogP contribution < -0.4 is 10.6 Å². The summed E-state index contributed by atoms with van der Waals surface area (Å²) < 4.78 is 0. The van der Waals surface area contributed by atoms with E-state index in [-0.39, 0.29) is 0 Å². The molecule has 0 amide bonds. The molecule has 2 aromatic carbocycles. The smallest absolute Gasteiger partial charge is 0.126 e. The third-order valence-corrected chi connectivity index (χ3v) is 6.45. The minimum atomic E-state index is -0.902. The first-order valence-corrected chi connectivity index (χ1v) is 10.1. The standard InChI is InChI=1S/C23H27O2P/c1-16-9-7-13-19(23(2,3)25)22(16)26-20-14-8-12-18(21(20)24)15-17-10-5-4-6-11-17/h4-10,12-14,17,24-26H,11,15H2,1-3H3. The van der Waals surface area contributed by atoms with E-state index in [4.69, 9.17) is 0 Å². The number of benzene rings is 2. The molecule has 2 aromatic rings. The molecule has 0 saturated carbocycles. The molecule has 0 aromatic heterocycles. The molecule has 1 aliphatic carbocycles. The second-order valence-corrected chi connectivity index (χ2v) is 8.80. The molecule has 2 nitrogen and oxygen atoms in total. The Bertz CT molecular complexity index is 844. The minimum Gasteiger partial charge on any atom is -0.507 e. The van der Waals surface area contributed by atoms with Gasteiger partial charge in [0.1, 0.15) is 5.75 Å². The first-order chi connectivity index (χ1) is 12.4. The maximum Gasteiger partial charge on any atom is 0.126 e. The fourth-order valence-corrected chi connectivity index (χ4v) is 4.93. The Morgan fingerprint density at radius 1 is 1.12 bits per heavy atom. The SMILES string of the molecule is Cc1cccc(C(C)(C)O)c1Pc1cccc(CC2C=CC=CC2)c1O. The summed E-state index contributed by atoms with van der Waals surface area (Å²) in [5.41, 5.74) is 2.17. The molecule has 0 spiro atoms. The van der Waals surface area contributed by atoms with Gasteiger partial charge in [-0.3, -0.25) is 0 Å². The van der Waals surface area contributed by atoms with Gasteiger partial charge in [-0.2, -0.15) is 0 Å². The highest BCUT2D eigenvalue weighted by atomic mass is 31.1. The Labute approximate surface area is 158 Å². The largest absolute Gasteiger partial charge is 0.507 e. The molecule has 3 rings (SSSR count). The molecular formula is C23H27O2P. The summed E-state index contributed by atoms with van der Waals surface area (Å²) in [6, 6.07) is 12.1. The van der Waals surface area contributed by atoms with Crippen LogP contribution in [-0.4, -0.2) is 10.2 Å². The van der Waals surface area contributed by atoms with E-state index < -0.39 is 5.60 Å². The number of hydrogen-bond donors (Lipinski definition) is 2. The topological polar surface area (TPSA) is 40.5 Å². The van der Waals surface area contributed by atoms with Crippen molar-refractivity contribution in [2.75, 3.05) is 0 Å². The lowest BCUT2D eigenvalue weighted by Gasteiger charge is -2.24. The van der Waals surface area contributed by atoms with E-state index in [0.717, 1.165) is 40.1 Å². The average molecular weight is 366 g/mol. The summed E-state index contributed by atoms with van der Waals surface area (Å²) in [6.45, 7) is 5.70. The number of hydrogen-bond acceptors (Lipinski definition) is 2. The molecule has 2 unspecified atom stereocenters. The van der Waals surface area contributed by atoms with Gasteiger partial charge in [-0.25, -0.2) is 0 Å². The van der Waals surface area contributed by atoms with Gasteiger partial charge in [0.2, 0.25) is 0 Å². The Hall–Kier alpha value is -1.89. The summed E-state index contributed by atoms with van der Waals surface area (Å²) in [5.74, 6) is 0.841. The van der Waals surface area contributed by atoms with Crippen molar-refractivity contribution in [2.24, 2.45) is 5.92 Å². The lowest BCUT2D eigenvalue weighted by molar-refractivity contribution is 0.0797. The number of aryl methyl sites for hydroxylation is 1. The van der Waals surface area contributed by atoms with Crippen molar-refractivity contribution < 1.29 is 10.2 Å². The number of allylic oxidation sites excluding steroid dienone is 4. The summed E-state index contributed by atoms with van der Waals surface area (Å²) >= 11 is 0. The summed E-state index contributed by atoms with van der Waals surface area (Å²) in [4.78, 5) is 0. The molecular weight excluding hydrogens is 339 g/mol. The van der Waals surface area contributed by atoms with Gasteiger partial charge in [-0.1, -0.05) is 69.3 Å². The number of para-hydroxylation sites is 1. The number of aliphatic hydroxyl groups is 1. The highest BCUT2D eigenvalue weighted by Gasteiger charge is 2.22. The number of aromatic hydroxyl groups is 1.